The highest BCUT2D eigenvalue weighted by atomic mass is 32.2. The summed E-state index contributed by atoms with van der Waals surface area (Å²) in [5.41, 5.74) is 0. The maximum absolute atomic E-state index is 5.04. The SMILES string of the molecule is C#CCCCS[CH]C. The van der Waals surface area contributed by atoms with Crippen LogP contribution >= 0.6 is 11.8 Å². The third-order valence-electron chi connectivity index (χ3n) is 0.750. The first-order valence-electron chi connectivity index (χ1n) is 2.74. The molecule has 0 aromatic carbocycles. The van der Waals surface area contributed by atoms with E-state index in [1.165, 1.54) is 5.75 Å². The molecule has 0 aromatic rings. The summed E-state index contributed by atoms with van der Waals surface area (Å²) >= 11 is 1.83. The lowest BCUT2D eigenvalue weighted by molar-refractivity contribution is 0.999. The Labute approximate surface area is 56.1 Å². The van der Waals surface area contributed by atoms with Crippen LogP contribution in [-0.4, -0.2) is 5.75 Å². The van der Waals surface area contributed by atoms with Gasteiger partial charge in [0.15, 0.2) is 0 Å². The topological polar surface area (TPSA) is 0 Å². The largest absolute Gasteiger partial charge is 0.158 e. The van der Waals surface area contributed by atoms with Gasteiger partial charge in [0.05, 0.1) is 0 Å². The predicted octanol–water partition coefficient (Wildman–Crippen LogP) is 2.31. The van der Waals surface area contributed by atoms with Crippen LogP contribution in [0.2, 0.25) is 0 Å². The molecule has 0 unspecified atom stereocenters. The summed E-state index contributed by atoms with van der Waals surface area (Å²) in [6.07, 6.45) is 7.10. The van der Waals surface area contributed by atoms with Crippen LogP contribution in [0.25, 0.3) is 0 Å². The Hall–Kier alpha value is -0.0900. The van der Waals surface area contributed by atoms with Crippen molar-refractivity contribution in [1.29, 1.82) is 0 Å². The maximum atomic E-state index is 5.04. The Balaban J connectivity index is 2.65. The summed E-state index contributed by atoms with van der Waals surface area (Å²) in [6, 6.07) is 0. The predicted molar refractivity (Wildman–Crippen MR) is 40.5 cm³/mol. The molecule has 0 heterocycles. The molecule has 45 valence electrons. The molecule has 0 aromatic heterocycles. The smallest absolute Gasteiger partial charge is 0.0135 e. The molecule has 8 heavy (non-hydrogen) atoms. The van der Waals surface area contributed by atoms with Crippen molar-refractivity contribution in [1.82, 2.24) is 0 Å². The molecule has 1 heteroatoms. The van der Waals surface area contributed by atoms with Gasteiger partial charge >= 0.3 is 0 Å². The zero-order chi connectivity index (χ0) is 6.24. The fourth-order valence-electron chi connectivity index (χ4n) is 0.375. The Bertz CT molecular complexity index is 70.9. The summed E-state index contributed by atoms with van der Waals surface area (Å²) in [6.45, 7) is 2.04. The summed E-state index contributed by atoms with van der Waals surface area (Å²) in [7, 11) is 0. The molecule has 0 atom stereocenters. The molecule has 0 fully saturated rings. The standard InChI is InChI=1S/C7H11S/c1-3-5-6-7-8-4-2/h1,4H,5-7H2,2H3. The molecule has 0 aliphatic carbocycles. The molecule has 0 N–H and O–H groups in total. The van der Waals surface area contributed by atoms with Crippen LogP contribution in [0.4, 0.5) is 0 Å². The lowest BCUT2D eigenvalue weighted by atomic mass is 10.4. The molecule has 0 bridgehead atoms. The summed E-state index contributed by atoms with van der Waals surface area (Å²) in [4.78, 5) is 0. The number of hydrogen-bond donors (Lipinski definition) is 0. The molecule has 1 radical (unpaired) electrons. The Morgan fingerprint density at radius 3 is 3.00 bits per heavy atom. The fourth-order valence-corrected chi connectivity index (χ4v) is 0.922. The van der Waals surface area contributed by atoms with Crippen LogP contribution in [0.15, 0.2) is 0 Å². The van der Waals surface area contributed by atoms with Crippen molar-refractivity contribution in [3.8, 4) is 12.3 Å². The number of thioether (sulfide) groups is 1. The van der Waals surface area contributed by atoms with Gasteiger partial charge in [0.2, 0.25) is 0 Å². The van der Waals surface area contributed by atoms with Gasteiger partial charge in [-0.05, 0) is 12.2 Å². The number of hydrogen-bond acceptors (Lipinski definition) is 1. The number of rotatable bonds is 4. The van der Waals surface area contributed by atoms with Gasteiger partial charge in [0, 0.05) is 12.2 Å². The van der Waals surface area contributed by atoms with Crippen molar-refractivity contribution in [2.75, 3.05) is 5.75 Å². The van der Waals surface area contributed by atoms with E-state index in [0.29, 0.717) is 0 Å². The van der Waals surface area contributed by atoms with Gasteiger partial charge in [-0.1, -0.05) is 6.92 Å². The molecular weight excluding hydrogens is 116 g/mol. The second-order valence-electron chi connectivity index (χ2n) is 1.41. The van der Waals surface area contributed by atoms with Gasteiger partial charge in [0.25, 0.3) is 0 Å². The van der Waals surface area contributed by atoms with Gasteiger partial charge in [-0.2, -0.15) is 11.8 Å². The monoisotopic (exact) mass is 127 g/mol. The van der Waals surface area contributed by atoms with Crippen LogP contribution in [0.5, 0.6) is 0 Å². The van der Waals surface area contributed by atoms with E-state index >= 15 is 0 Å². The Morgan fingerprint density at radius 2 is 2.50 bits per heavy atom. The molecule has 0 saturated heterocycles. The van der Waals surface area contributed by atoms with Crippen LogP contribution in [0, 0.1) is 18.1 Å². The average Bonchev–Trinajstić information content (AvgIpc) is 1.81. The first-order chi connectivity index (χ1) is 3.91. The Morgan fingerprint density at radius 1 is 1.75 bits per heavy atom. The molecule has 0 nitrogen and oxygen atoms in total. The van der Waals surface area contributed by atoms with Gasteiger partial charge in [-0.25, -0.2) is 0 Å². The minimum absolute atomic E-state index is 0.918. The van der Waals surface area contributed by atoms with E-state index < -0.39 is 0 Å². The average molecular weight is 127 g/mol. The highest BCUT2D eigenvalue weighted by Crippen LogP contribution is 2.05. The van der Waals surface area contributed by atoms with Crippen molar-refractivity contribution in [2.45, 2.75) is 19.8 Å². The zero-order valence-electron chi connectivity index (χ0n) is 5.18. The maximum Gasteiger partial charge on any atom is 0.0135 e. The van der Waals surface area contributed by atoms with E-state index in [0.717, 1.165) is 12.8 Å². The Kier molecular flexibility index (Phi) is 6.83. The highest BCUT2D eigenvalue weighted by Gasteiger charge is 1.82. The first-order valence-corrected chi connectivity index (χ1v) is 3.79. The second-order valence-corrected chi connectivity index (χ2v) is 2.63. The third-order valence-corrected chi connectivity index (χ3v) is 1.61. The summed E-state index contributed by atoms with van der Waals surface area (Å²) in [5, 5.41) is 0. The van der Waals surface area contributed by atoms with Crippen LogP contribution in [0.3, 0.4) is 0 Å². The van der Waals surface area contributed by atoms with Crippen LogP contribution < -0.4 is 0 Å². The molecular formula is C7H11S. The van der Waals surface area contributed by atoms with Crippen molar-refractivity contribution in [2.24, 2.45) is 0 Å². The van der Waals surface area contributed by atoms with Gasteiger partial charge < -0.3 is 0 Å². The van der Waals surface area contributed by atoms with Crippen LogP contribution in [-0.2, 0) is 0 Å². The van der Waals surface area contributed by atoms with Crippen LogP contribution in [0.1, 0.15) is 19.8 Å². The van der Waals surface area contributed by atoms with E-state index in [-0.39, 0.29) is 0 Å². The van der Waals surface area contributed by atoms with Crippen molar-refractivity contribution in [3.63, 3.8) is 0 Å². The van der Waals surface area contributed by atoms with E-state index in [2.05, 4.69) is 11.7 Å². The van der Waals surface area contributed by atoms with E-state index in [9.17, 15) is 0 Å². The van der Waals surface area contributed by atoms with E-state index in [1.807, 2.05) is 18.7 Å². The third kappa shape index (κ3) is 5.91. The molecule has 0 spiro atoms. The number of unbranched alkanes of at least 4 members (excludes halogenated alkanes) is 1. The van der Waals surface area contributed by atoms with Gasteiger partial charge in [-0.3, -0.25) is 0 Å². The van der Waals surface area contributed by atoms with E-state index in [1.54, 1.807) is 0 Å². The van der Waals surface area contributed by atoms with Gasteiger partial charge in [0.1, 0.15) is 0 Å². The zero-order valence-corrected chi connectivity index (χ0v) is 6.00. The van der Waals surface area contributed by atoms with Crippen molar-refractivity contribution >= 4 is 11.8 Å². The minimum atomic E-state index is 0.918. The van der Waals surface area contributed by atoms with E-state index in [4.69, 9.17) is 6.42 Å². The minimum Gasteiger partial charge on any atom is -0.158 e. The fraction of sp³-hybridized carbons (Fsp3) is 0.571. The normalized spacial score (nSPS) is 8.50. The summed E-state index contributed by atoms with van der Waals surface area (Å²) < 4.78 is 0. The molecule has 0 amide bonds. The first kappa shape index (κ1) is 7.91. The molecule has 0 saturated carbocycles. The van der Waals surface area contributed by atoms with Gasteiger partial charge in [-0.15, -0.1) is 12.3 Å². The molecule has 0 aliphatic rings. The lowest BCUT2D eigenvalue weighted by Gasteiger charge is -1.90. The molecule has 0 aliphatic heterocycles. The second kappa shape index (κ2) is 6.91. The molecule has 0 rings (SSSR count). The quantitative estimate of drug-likeness (QED) is 0.412. The summed E-state index contributed by atoms with van der Waals surface area (Å²) in [5.74, 6) is 5.86. The van der Waals surface area contributed by atoms with Crippen molar-refractivity contribution in [3.05, 3.63) is 5.75 Å². The lowest BCUT2D eigenvalue weighted by Crippen LogP contribution is -1.74. The number of terminal acetylenes is 1. The van der Waals surface area contributed by atoms with Crippen molar-refractivity contribution < 1.29 is 0 Å². The highest BCUT2D eigenvalue weighted by molar-refractivity contribution is 8.01.